The molecular weight excluding hydrogens is 532 g/mol. The fourth-order valence-electron chi connectivity index (χ4n) is 4.59. The van der Waals surface area contributed by atoms with Crippen LogP contribution in [-0.2, 0) is 4.74 Å². The number of aliphatic imine (C=N–C) groups is 1. The zero-order chi connectivity index (χ0) is 27.6. The summed E-state index contributed by atoms with van der Waals surface area (Å²) in [5, 5.41) is 19.9. The Morgan fingerprint density at radius 3 is 2.58 bits per heavy atom. The molecule has 204 valence electrons. The van der Waals surface area contributed by atoms with Crippen molar-refractivity contribution in [2.24, 2.45) is 4.99 Å². The van der Waals surface area contributed by atoms with Crippen molar-refractivity contribution in [2.75, 3.05) is 51.3 Å². The molecule has 40 heavy (non-hydrogen) atoms. The Kier molecular flexibility index (Phi) is 6.93. The second-order valence-corrected chi connectivity index (χ2v) is 9.96. The predicted octanol–water partition coefficient (Wildman–Crippen LogP) is 2.91. The molecule has 0 radical (unpaired) electrons. The summed E-state index contributed by atoms with van der Waals surface area (Å²) in [5.41, 5.74) is 10.3. The molecule has 3 aromatic heterocycles. The van der Waals surface area contributed by atoms with Gasteiger partial charge in [0, 0.05) is 16.8 Å². The zero-order valence-corrected chi connectivity index (χ0v) is 22.7. The summed E-state index contributed by atoms with van der Waals surface area (Å²) in [7, 11) is 3.17. The topological polar surface area (TPSA) is 135 Å². The molecule has 0 spiro atoms. The van der Waals surface area contributed by atoms with Crippen molar-refractivity contribution in [1.82, 2.24) is 10.3 Å². The molecule has 1 saturated heterocycles. The molecule has 6 rings (SSSR count). The molecule has 12 heteroatoms. The maximum Gasteiger partial charge on any atom is 0.324 e. The number of anilines is 1. The van der Waals surface area contributed by atoms with Crippen LogP contribution in [0.25, 0.3) is 32.6 Å². The summed E-state index contributed by atoms with van der Waals surface area (Å²) in [6, 6.07) is 17.4. The van der Waals surface area contributed by atoms with E-state index in [1.54, 1.807) is 20.4 Å². The number of ether oxygens (including phenoxy) is 3. The molecule has 0 unspecified atom stereocenters. The van der Waals surface area contributed by atoms with Crippen LogP contribution >= 0.6 is 11.3 Å². The molecule has 1 aliphatic rings. The third-order valence-corrected chi connectivity index (χ3v) is 7.68. The van der Waals surface area contributed by atoms with Gasteiger partial charge in [-0.2, -0.15) is 0 Å². The highest BCUT2D eigenvalue weighted by molar-refractivity contribution is 7.21. The zero-order valence-electron chi connectivity index (χ0n) is 21.9. The second kappa shape index (κ2) is 10.8. The van der Waals surface area contributed by atoms with E-state index in [-0.39, 0.29) is 10.8 Å². The van der Waals surface area contributed by atoms with Crippen LogP contribution in [-0.4, -0.2) is 56.7 Å². The third kappa shape index (κ3) is 4.78. The van der Waals surface area contributed by atoms with Gasteiger partial charge in [-0.15, -0.1) is 16.3 Å². The smallest absolute Gasteiger partial charge is 0.324 e. The van der Waals surface area contributed by atoms with E-state index in [0.29, 0.717) is 53.7 Å². The van der Waals surface area contributed by atoms with E-state index in [0.717, 1.165) is 22.4 Å². The van der Waals surface area contributed by atoms with E-state index in [1.165, 1.54) is 16.1 Å². The highest BCUT2D eigenvalue weighted by Gasteiger charge is 2.24. The van der Waals surface area contributed by atoms with Gasteiger partial charge < -0.3 is 25.1 Å². The molecule has 5 aromatic rings. The van der Waals surface area contributed by atoms with Crippen molar-refractivity contribution in [3.63, 3.8) is 0 Å². The summed E-state index contributed by atoms with van der Waals surface area (Å²) in [5.74, 6) is 0.719. The lowest BCUT2D eigenvalue weighted by molar-refractivity contribution is -0.759. The molecule has 11 nitrogen and oxygen atoms in total. The number of benzene rings is 2. The van der Waals surface area contributed by atoms with Crippen LogP contribution in [0.1, 0.15) is 4.88 Å². The van der Waals surface area contributed by atoms with Crippen LogP contribution in [0.2, 0.25) is 0 Å². The Morgan fingerprint density at radius 2 is 1.82 bits per heavy atom. The van der Waals surface area contributed by atoms with Gasteiger partial charge in [0.1, 0.15) is 4.83 Å². The van der Waals surface area contributed by atoms with E-state index in [4.69, 9.17) is 29.5 Å². The minimum atomic E-state index is -0.537. The Balaban J connectivity index is 1.46. The summed E-state index contributed by atoms with van der Waals surface area (Å²) < 4.78 is 21.6. The molecular formula is C28H26N6O5S. The molecule has 0 aliphatic carbocycles. The highest BCUT2D eigenvalue weighted by atomic mass is 32.1. The van der Waals surface area contributed by atoms with Gasteiger partial charge in [-0.05, 0) is 29.3 Å². The van der Waals surface area contributed by atoms with Crippen molar-refractivity contribution >= 4 is 39.0 Å². The lowest BCUT2D eigenvalue weighted by atomic mass is 9.99. The summed E-state index contributed by atoms with van der Waals surface area (Å²) in [6.45, 7) is 2.48. The van der Waals surface area contributed by atoms with Crippen LogP contribution in [0.4, 0.5) is 11.6 Å². The van der Waals surface area contributed by atoms with Gasteiger partial charge in [0.25, 0.3) is 6.20 Å². The molecule has 0 saturated carbocycles. The first kappa shape index (κ1) is 25.6. The molecule has 1 aliphatic heterocycles. The highest BCUT2D eigenvalue weighted by Crippen LogP contribution is 2.43. The van der Waals surface area contributed by atoms with Gasteiger partial charge in [-0.25, -0.2) is 9.98 Å². The average molecular weight is 559 g/mol. The minimum Gasteiger partial charge on any atom is -0.857 e. The fourth-order valence-corrected chi connectivity index (χ4v) is 5.59. The number of aromatic nitrogens is 3. The summed E-state index contributed by atoms with van der Waals surface area (Å²) >= 11 is 1.19. The molecule has 2 N–H and O–H groups in total. The van der Waals surface area contributed by atoms with Crippen molar-refractivity contribution in [2.45, 2.75) is 0 Å². The number of fused-ring (bicyclic) bond motifs is 1. The quantitative estimate of drug-likeness (QED) is 0.182. The lowest BCUT2D eigenvalue weighted by Crippen LogP contribution is -2.62. The summed E-state index contributed by atoms with van der Waals surface area (Å²) in [4.78, 5) is 11.4. The molecule has 2 aromatic carbocycles. The van der Waals surface area contributed by atoms with E-state index in [9.17, 15) is 5.11 Å². The molecule has 0 amide bonds. The molecule has 0 atom stereocenters. The number of nitrogens with zero attached hydrogens (tertiary/aromatic N) is 5. The maximum atomic E-state index is 13.3. The van der Waals surface area contributed by atoms with Crippen LogP contribution in [0.5, 0.6) is 11.5 Å². The van der Waals surface area contributed by atoms with Gasteiger partial charge >= 0.3 is 5.88 Å². The Labute approximate surface area is 233 Å². The normalized spacial score (nSPS) is 14.1. The van der Waals surface area contributed by atoms with Crippen molar-refractivity contribution in [1.29, 1.82) is 0 Å². The first-order valence-corrected chi connectivity index (χ1v) is 13.4. The first-order valence-electron chi connectivity index (χ1n) is 12.5. The van der Waals surface area contributed by atoms with Crippen molar-refractivity contribution < 1.29 is 28.6 Å². The number of nitrogen functional groups attached to an aromatic ring is 1. The molecule has 0 bridgehead atoms. The molecule has 4 heterocycles. The van der Waals surface area contributed by atoms with Crippen molar-refractivity contribution in [3.8, 4) is 33.9 Å². The number of morpholine rings is 1. The SMILES string of the molecule is COc1ccc(-c2cc(-c3ccccc3)nc3sc(/C([O-])=N/c4c[n+](N5CCOCC5)no4)c(N)c23)cc1OC. The van der Waals surface area contributed by atoms with Crippen LogP contribution in [0.15, 0.2) is 70.3 Å². The number of pyridine rings is 1. The summed E-state index contributed by atoms with van der Waals surface area (Å²) in [6.07, 6.45) is 1.56. The van der Waals surface area contributed by atoms with Crippen molar-refractivity contribution in [3.05, 3.63) is 65.7 Å². The van der Waals surface area contributed by atoms with E-state index in [2.05, 4.69) is 10.3 Å². The van der Waals surface area contributed by atoms with E-state index < -0.39 is 5.90 Å². The van der Waals surface area contributed by atoms with E-state index >= 15 is 0 Å². The molecule has 1 fully saturated rings. The number of hydrogen-bond donors (Lipinski definition) is 1. The third-order valence-electron chi connectivity index (χ3n) is 6.59. The standard InChI is InChI=1S/C28H26N6O5S/c1-36-21-9-8-18(14-22(21)37-2)19-15-20(17-6-4-3-5-7-17)30-28-24(19)25(29)26(40-28)27(35)31-23-16-34(32-39-23)33-10-12-38-13-11-33/h3-9,14-16H,10-13H2,1-2H3,(H2-,29,31,32,35). The van der Waals surface area contributed by atoms with Crippen LogP contribution in [0.3, 0.4) is 0 Å². The number of hydrogen-bond acceptors (Lipinski definition) is 11. The first-order chi connectivity index (χ1) is 19.6. The fraction of sp³-hybridized carbons (Fsp3) is 0.214. The van der Waals surface area contributed by atoms with E-state index in [1.807, 2.05) is 59.6 Å². The number of rotatable bonds is 7. The van der Waals surface area contributed by atoms with Gasteiger partial charge in [-0.1, -0.05) is 36.4 Å². The van der Waals surface area contributed by atoms with Gasteiger partial charge in [0.2, 0.25) is 5.27 Å². The number of nitrogens with two attached hydrogens (primary N) is 1. The minimum absolute atomic E-state index is 0.0754. The number of thiophene rings is 1. The Hall–Kier alpha value is -4.68. The predicted molar refractivity (Wildman–Crippen MR) is 150 cm³/mol. The largest absolute Gasteiger partial charge is 0.857 e. The number of methoxy groups -OCH3 is 2. The Bertz CT molecular complexity index is 1690. The van der Waals surface area contributed by atoms with Gasteiger partial charge in [0.15, 0.2) is 11.5 Å². The Morgan fingerprint density at radius 1 is 1.05 bits per heavy atom. The monoisotopic (exact) mass is 558 g/mol. The van der Waals surface area contributed by atoms with Gasteiger partial charge in [0.05, 0.1) is 61.6 Å². The second-order valence-electron chi connectivity index (χ2n) is 8.96. The van der Waals surface area contributed by atoms with Crippen LogP contribution in [0, 0.1) is 0 Å². The van der Waals surface area contributed by atoms with Gasteiger partial charge in [-0.3, -0.25) is 4.52 Å². The maximum absolute atomic E-state index is 13.3. The average Bonchev–Trinajstić information content (AvgIpc) is 3.61. The lowest BCUT2D eigenvalue weighted by Gasteiger charge is -2.18. The van der Waals surface area contributed by atoms with Crippen LogP contribution < -0.4 is 30.1 Å².